The van der Waals surface area contributed by atoms with Gasteiger partial charge < -0.3 is 25.2 Å². The van der Waals surface area contributed by atoms with Crippen LogP contribution in [0.1, 0.15) is 102 Å². The quantitative estimate of drug-likeness (QED) is 0.0673. The minimum absolute atomic E-state index is 0. The van der Waals surface area contributed by atoms with Gasteiger partial charge in [0, 0.05) is 0 Å². The number of alkyl carbamates (subject to hydrolysis) is 2. The smallest absolute Gasteiger partial charge is 0.408 e. The van der Waals surface area contributed by atoms with E-state index in [0.29, 0.717) is 5.92 Å². The Morgan fingerprint density at radius 2 is 1.06 bits per heavy atom. The van der Waals surface area contributed by atoms with Gasteiger partial charge in [-0.15, -0.1) is 6.58 Å². The number of allylic oxidation sites excluding steroid dienone is 5. The second-order valence-electron chi connectivity index (χ2n) is 9.55. The first-order chi connectivity index (χ1) is 22.2. The number of hydrogen-bond donors (Lipinski definition) is 3. The summed E-state index contributed by atoms with van der Waals surface area (Å²) in [4.78, 5) is 46.3. The molecule has 11 heteroatoms. The van der Waals surface area contributed by atoms with Crippen molar-refractivity contribution in [1.29, 1.82) is 0 Å². The molecule has 0 bridgehead atoms. The molecule has 0 saturated carbocycles. The highest BCUT2D eigenvalue weighted by Crippen LogP contribution is 1.98. The van der Waals surface area contributed by atoms with Crippen LogP contribution in [0.3, 0.4) is 0 Å². The van der Waals surface area contributed by atoms with Crippen LogP contribution in [0.15, 0.2) is 83.4 Å². The lowest BCUT2D eigenvalue weighted by Gasteiger charge is -2.08. The third-order valence-electron chi connectivity index (χ3n) is 4.23. The summed E-state index contributed by atoms with van der Waals surface area (Å²) >= 11 is 0. The minimum atomic E-state index is -0.631. The molecule has 0 fully saturated rings. The van der Waals surface area contributed by atoms with E-state index in [2.05, 4.69) is 113 Å². The van der Waals surface area contributed by atoms with Gasteiger partial charge in [-0.05, 0) is 63.5 Å². The highest BCUT2D eigenvalue weighted by Gasteiger charge is 2.04. The number of carbonyl (C=O) groups is 2. The van der Waals surface area contributed by atoms with Crippen LogP contribution in [0.5, 0.6) is 0 Å². The topological polar surface area (TPSA) is 156 Å². The average molecular weight is 681 g/mol. The van der Waals surface area contributed by atoms with Crippen LogP contribution in [0, 0.1) is 5.92 Å². The normalized spacial score (nSPS) is 9.12. The second kappa shape index (κ2) is 55.1. The summed E-state index contributed by atoms with van der Waals surface area (Å²) in [7, 11) is 0. The first-order valence-electron chi connectivity index (χ1n) is 15.6. The van der Waals surface area contributed by atoms with Crippen molar-refractivity contribution in [3.63, 3.8) is 0 Å². The molecule has 0 saturated heterocycles. The van der Waals surface area contributed by atoms with Gasteiger partial charge in [-0.3, -0.25) is 0 Å². The number of aliphatic hydroxyl groups excluding tert-OH is 1. The van der Waals surface area contributed by atoms with E-state index < -0.39 is 12.2 Å². The van der Waals surface area contributed by atoms with Gasteiger partial charge in [0.05, 0.1) is 13.3 Å². The highest BCUT2D eigenvalue weighted by atomic mass is 16.6. The van der Waals surface area contributed by atoms with E-state index in [-0.39, 0.29) is 40.6 Å². The summed E-state index contributed by atoms with van der Waals surface area (Å²) in [6.45, 7) is 32.5. The van der Waals surface area contributed by atoms with Crippen LogP contribution in [-0.4, -0.2) is 62.6 Å². The van der Waals surface area contributed by atoms with E-state index >= 15 is 0 Å². The van der Waals surface area contributed by atoms with Crippen LogP contribution >= 0.6 is 0 Å². The lowest BCUT2D eigenvalue weighted by atomic mass is 10.1. The summed E-state index contributed by atoms with van der Waals surface area (Å²) in [6, 6.07) is 0. The van der Waals surface area contributed by atoms with Gasteiger partial charge in [0.15, 0.2) is 6.67 Å². The monoisotopic (exact) mass is 681 g/mol. The fraction of sp³-hybridized carbons (Fsp3) is 0.568. The number of nitrogens with zero attached hydrogens (tertiary/aromatic N) is 2. The number of nitrogens with one attached hydrogen (secondary N) is 2. The maximum atomic E-state index is 11.0. The Morgan fingerprint density at radius 1 is 0.750 bits per heavy atom. The summed E-state index contributed by atoms with van der Waals surface area (Å²) in [6.07, 6.45) is 17.8. The minimum Gasteiger partial charge on any atom is -0.445 e. The van der Waals surface area contributed by atoms with Gasteiger partial charge in [0.25, 0.3) is 0 Å². The van der Waals surface area contributed by atoms with Gasteiger partial charge >= 0.3 is 12.2 Å². The van der Waals surface area contributed by atoms with Gasteiger partial charge in [-0.25, -0.2) is 19.2 Å². The summed E-state index contributed by atoms with van der Waals surface area (Å²) in [5.74, 6) is 0.699. The number of amides is 2. The lowest BCUT2D eigenvalue weighted by Crippen LogP contribution is -2.38. The number of aliphatic imine (C=N–C) groups is 2. The molecule has 0 spiro atoms. The first-order valence-corrected chi connectivity index (χ1v) is 15.6. The maximum absolute atomic E-state index is 11.0. The van der Waals surface area contributed by atoms with E-state index in [1.54, 1.807) is 20.8 Å². The molecule has 1 unspecified atom stereocenters. The summed E-state index contributed by atoms with van der Waals surface area (Å²) in [5.41, 5.74) is 2.27. The van der Waals surface area contributed by atoms with Crippen LogP contribution in [0.25, 0.3) is 0 Å². The molecule has 0 aliphatic carbocycles. The van der Waals surface area contributed by atoms with Crippen LogP contribution in [-0.2, 0) is 19.1 Å². The molecule has 0 heterocycles. The standard InChI is InChI=1S/C11H18N2O4.3C6H12.C4H8O.C3H2N2O2.CH4/c1-8(2)5-16-10(14)12-7-13-11(15)17-6-9(3)4;1-4-6(3)5-2;2*1-3-5-6-4-2;1-4(2)3-5;6-2-4-1-5-3-7;/h1,3,5-7H2,2,4H3,(H,12,14)(H,13,15);4,6H,1,5H2,2-3H3;2*5-6H,3-4H2,1-2H3;5H,1,3H2,2H3;1H2;1H4/b;;6-5+;6-5-;;;. The second-order valence-corrected chi connectivity index (χ2v) is 9.55. The Kier molecular flexibility index (Phi) is 67.9. The molecule has 0 rings (SSSR count). The Bertz CT molecular complexity index is 875. The van der Waals surface area contributed by atoms with Gasteiger partial charge in [0.2, 0.25) is 12.2 Å². The van der Waals surface area contributed by atoms with Crippen molar-refractivity contribution in [2.24, 2.45) is 15.9 Å². The van der Waals surface area contributed by atoms with E-state index in [1.165, 1.54) is 44.3 Å². The SMILES string of the molecule is C.C=C(C)CO.C=C(C)COC(=O)NCNC(=O)OCC(=C)C.C=CC(C)CC.CC/C=C/CC.CC/C=C\CC.O=C=NCN=C=O. The molecule has 0 aromatic heterocycles. The number of hydrogen-bond acceptors (Lipinski definition) is 9. The third-order valence-corrected chi connectivity index (χ3v) is 4.23. The molecule has 3 N–H and O–H groups in total. The van der Waals surface area contributed by atoms with Crippen molar-refractivity contribution < 1.29 is 33.8 Å². The molecule has 48 heavy (non-hydrogen) atoms. The van der Waals surface area contributed by atoms with Crippen molar-refractivity contribution in [3.8, 4) is 0 Å². The lowest BCUT2D eigenvalue weighted by molar-refractivity contribution is 0.147. The number of aliphatic hydroxyl groups is 1. The molecule has 11 nitrogen and oxygen atoms in total. The van der Waals surface area contributed by atoms with Crippen molar-refractivity contribution in [3.05, 3.63) is 73.4 Å². The Labute approximate surface area is 292 Å². The molecule has 0 aromatic carbocycles. The summed E-state index contributed by atoms with van der Waals surface area (Å²) in [5, 5.41) is 12.7. The first kappa shape index (κ1) is 59.2. The average Bonchev–Trinajstić information content (AvgIpc) is 3.05. The molecule has 2 amide bonds. The Morgan fingerprint density at radius 3 is 1.23 bits per heavy atom. The maximum Gasteiger partial charge on any atom is 0.408 e. The fourth-order valence-corrected chi connectivity index (χ4v) is 1.59. The largest absolute Gasteiger partial charge is 0.445 e. The van der Waals surface area contributed by atoms with Crippen LogP contribution in [0.4, 0.5) is 9.59 Å². The van der Waals surface area contributed by atoms with Gasteiger partial charge in [0.1, 0.15) is 13.2 Å². The van der Waals surface area contributed by atoms with Crippen LogP contribution < -0.4 is 10.6 Å². The zero-order valence-electron chi connectivity index (χ0n) is 30.7. The van der Waals surface area contributed by atoms with Crippen molar-refractivity contribution >= 4 is 24.3 Å². The molecule has 0 aliphatic heterocycles. The van der Waals surface area contributed by atoms with E-state index in [1.807, 2.05) is 6.08 Å². The van der Waals surface area contributed by atoms with Crippen molar-refractivity contribution in [2.45, 2.75) is 102 Å². The predicted octanol–water partition coefficient (Wildman–Crippen LogP) is 9.30. The van der Waals surface area contributed by atoms with Gasteiger partial charge in [-0.2, -0.15) is 9.98 Å². The molecule has 278 valence electrons. The van der Waals surface area contributed by atoms with Crippen molar-refractivity contribution in [2.75, 3.05) is 33.2 Å². The highest BCUT2D eigenvalue weighted by molar-refractivity contribution is 5.70. The fourth-order valence-electron chi connectivity index (χ4n) is 1.59. The number of ether oxygens (including phenoxy) is 2. The molecular weight excluding hydrogens is 612 g/mol. The molecule has 0 aromatic rings. The van der Waals surface area contributed by atoms with Crippen molar-refractivity contribution in [1.82, 2.24) is 10.6 Å². The van der Waals surface area contributed by atoms with Gasteiger partial charge in [-0.1, -0.05) is 111 Å². The molecular formula is C37H68N4O7. The van der Waals surface area contributed by atoms with E-state index in [9.17, 15) is 19.2 Å². The molecule has 0 aliphatic rings. The van der Waals surface area contributed by atoms with E-state index in [0.717, 1.165) is 16.7 Å². The van der Waals surface area contributed by atoms with Crippen LogP contribution in [0.2, 0.25) is 0 Å². The molecule has 1 atom stereocenters. The zero-order chi connectivity index (χ0) is 37.7. The summed E-state index contributed by atoms with van der Waals surface area (Å²) < 4.78 is 9.46. The van der Waals surface area contributed by atoms with E-state index in [4.69, 9.17) is 14.6 Å². The zero-order valence-corrected chi connectivity index (χ0v) is 30.7. The molecule has 0 radical (unpaired) electrons. The number of isocyanates is 2. The number of rotatable bonds is 15. The third kappa shape index (κ3) is 90.0. The predicted molar refractivity (Wildman–Crippen MR) is 202 cm³/mol. The Balaban J connectivity index is -0.0000000912. The number of carbonyl (C=O) groups excluding carboxylic acids is 4. The Hall–Kier alpha value is -4.30.